The van der Waals surface area contributed by atoms with Crippen LogP contribution in [-0.2, 0) is 25.5 Å². The normalized spacial score (nSPS) is 18.6. The zero-order valence-corrected chi connectivity index (χ0v) is 11.9. The maximum absolute atomic E-state index is 12.3. The molecule has 21 heavy (non-hydrogen) atoms. The number of hydrogen-bond acceptors (Lipinski definition) is 4. The van der Waals surface area contributed by atoms with Crippen LogP contribution >= 0.6 is 0 Å². The summed E-state index contributed by atoms with van der Waals surface area (Å²) in [7, 11) is 1.49. The third kappa shape index (κ3) is 3.80. The Balaban J connectivity index is 2.08. The third-order valence-electron chi connectivity index (χ3n) is 3.46. The summed E-state index contributed by atoms with van der Waals surface area (Å²) in [4.78, 5) is 23.5. The van der Waals surface area contributed by atoms with Crippen molar-refractivity contribution in [2.24, 2.45) is 0 Å². The van der Waals surface area contributed by atoms with Crippen LogP contribution in [0.4, 0.5) is 0 Å². The van der Waals surface area contributed by atoms with Gasteiger partial charge in [0.1, 0.15) is 6.04 Å². The molecule has 0 saturated carbocycles. The second kappa shape index (κ2) is 7.19. The van der Waals surface area contributed by atoms with E-state index in [-0.39, 0.29) is 13.0 Å². The molecule has 1 amide bonds. The van der Waals surface area contributed by atoms with Crippen LogP contribution in [0.15, 0.2) is 24.3 Å². The molecule has 1 aromatic rings. The number of carbonyl (C=O) groups excluding carboxylic acids is 1. The molecular formula is C15H19NO5. The highest BCUT2D eigenvalue weighted by Crippen LogP contribution is 2.27. The summed E-state index contributed by atoms with van der Waals surface area (Å²) in [5.41, 5.74) is 1.87. The summed E-state index contributed by atoms with van der Waals surface area (Å²) in [5.74, 6) is -1.50. The number of hydrogen-bond donors (Lipinski definition) is 2. The minimum atomic E-state index is -1.08. The Morgan fingerprint density at radius 2 is 2.24 bits per heavy atom. The number of amides is 1. The smallest absolute Gasteiger partial charge is 0.326 e. The predicted octanol–water partition coefficient (Wildman–Crippen LogP) is 0.906. The Morgan fingerprint density at radius 1 is 1.48 bits per heavy atom. The highest BCUT2D eigenvalue weighted by molar-refractivity contribution is 5.87. The van der Waals surface area contributed by atoms with Crippen molar-refractivity contribution in [3.63, 3.8) is 0 Å². The van der Waals surface area contributed by atoms with E-state index >= 15 is 0 Å². The van der Waals surface area contributed by atoms with Gasteiger partial charge in [0.05, 0.1) is 6.61 Å². The van der Waals surface area contributed by atoms with Crippen molar-refractivity contribution in [1.82, 2.24) is 5.32 Å². The second-order valence-corrected chi connectivity index (χ2v) is 4.88. The Kier molecular flexibility index (Phi) is 5.30. The van der Waals surface area contributed by atoms with Crippen LogP contribution in [0.5, 0.6) is 0 Å². The maximum atomic E-state index is 12.3. The van der Waals surface area contributed by atoms with Crippen molar-refractivity contribution in [3.05, 3.63) is 35.4 Å². The Bertz CT molecular complexity index is 517. The number of carbonyl (C=O) groups is 2. The first kappa shape index (κ1) is 15.5. The predicted molar refractivity (Wildman–Crippen MR) is 74.9 cm³/mol. The summed E-state index contributed by atoms with van der Waals surface area (Å²) < 4.78 is 10.4. The summed E-state index contributed by atoms with van der Waals surface area (Å²) in [6.45, 7) is 0.713. The van der Waals surface area contributed by atoms with Crippen LogP contribution in [0.1, 0.15) is 23.7 Å². The summed E-state index contributed by atoms with van der Waals surface area (Å²) in [6.07, 6.45) is 0.220. The van der Waals surface area contributed by atoms with E-state index in [0.717, 1.165) is 17.5 Å². The number of rotatable bonds is 6. The lowest BCUT2D eigenvalue weighted by molar-refractivity contribution is -0.145. The lowest BCUT2D eigenvalue weighted by Crippen LogP contribution is -2.44. The van der Waals surface area contributed by atoms with Crippen LogP contribution < -0.4 is 5.32 Å². The molecule has 1 heterocycles. The molecule has 2 N–H and O–H groups in total. The van der Waals surface area contributed by atoms with Crippen molar-refractivity contribution in [3.8, 4) is 0 Å². The Labute approximate surface area is 123 Å². The molecule has 0 aliphatic carbocycles. The fourth-order valence-corrected chi connectivity index (χ4v) is 2.35. The Morgan fingerprint density at radius 3 is 2.95 bits per heavy atom. The first-order chi connectivity index (χ1) is 10.1. The van der Waals surface area contributed by atoms with E-state index in [1.165, 1.54) is 7.11 Å². The lowest BCUT2D eigenvalue weighted by atomic mass is 9.97. The van der Waals surface area contributed by atoms with E-state index in [2.05, 4.69) is 5.32 Å². The molecule has 1 aromatic carbocycles. The second-order valence-electron chi connectivity index (χ2n) is 4.88. The quantitative estimate of drug-likeness (QED) is 0.814. The maximum Gasteiger partial charge on any atom is 0.326 e. The van der Waals surface area contributed by atoms with Crippen LogP contribution in [0, 0.1) is 0 Å². The Hall–Kier alpha value is -1.92. The standard InChI is InChI=1S/C15H19NO5/c1-20-8-7-12(15(18)19)16-14(17)13-11-5-3-2-4-10(11)6-9-21-13/h2-5,12-13H,6-9H2,1H3,(H,16,17)(H,18,19)/t12-,13-/m0/s1. The van der Waals surface area contributed by atoms with Gasteiger partial charge in [-0.05, 0) is 17.5 Å². The molecule has 6 nitrogen and oxygen atoms in total. The SMILES string of the molecule is COCC[C@H](NC(=O)[C@H]1OCCc2ccccc21)C(=O)O. The van der Waals surface area contributed by atoms with E-state index in [1.807, 2.05) is 24.3 Å². The van der Waals surface area contributed by atoms with Crippen LogP contribution in [-0.4, -0.2) is 43.3 Å². The highest BCUT2D eigenvalue weighted by Gasteiger charge is 2.30. The van der Waals surface area contributed by atoms with Crippen LogP contribution in [0.3, 0.4) is 0 Å². The average Bonchev–Trinajstić information content (AvgIpc) is 2.50. The minimum absolute atomic E-state index is 0.214. The average molecular weight is 293 g/mol. The molecule has 2 rings (SSSR count). The summed E-state index contributed by atoms with van der Waals surface area (Å²) in [5, 5.41) is 11.6. The largest absolute Gasteiger partial charge is 0.480 e. The van der Waals surface area contributed by atoms with Gasteiger partial charge in [-0.25, -0.2) is 4.79 Å². The van der Waals surface area contributed by atoms with Gasteiger partial charge in [-0.15, -0.1) is 0 Å². The van der Waals surface area contributed by atoms with Gasteiger partial charge in [-0.1, -0.05) is 24.3 Å². The van der Waals surface area contributed by atoms with E-state index in [0.29, 0.717) is 6.61 Å². The molecule has 0 bridgehead atoms. The van der Waals surface area contributed by atoms with Gasteiger partial charge in [-0.3, -0.25) is 4.79 Å². The van der Waals surface area contributed by atoms with Gasteiger partial charge in [0.25, 0.3) is 5.91 Å². The summed E-state index contributed by atoms with van der Waals surface area (Å²) >= 11 is 0. The molecule has 0 radical (unpaired) electrons. The van der Waals surface area contributed by atoms with E-state index in [1.54, 1.807) is 0 Å². The van der Waals surface area contributed by atoms with Gasteiger partial charge in [0.2, 0.25) is 0 Å². The van der Waals surface area contributed by atoms with Gasteiger partial charge in [0, 0.05) is 20.1 Å². The molecule has 114 valence electrons. The zero-order chi connectivity index (χ0) is 15.2. The number of fused-ring (bicyclic) bond motifs is 1. The number of methoxy groups -OCH3 is 1. The molecular weight excluding hydrogens is 274 g/mol. The van der Waals surface area contributed by atoms with Crippen molar-refractivity contribution < 1.29 is 24.2 Å². The molecule has 0 aromatic heterocycles. The molecule has 0 spiro atoms. The van der Waals surface area contributed by atoms with E-state index < -0.39 is 24.0 Å². The zero-order valence-electron chi connectivity index (χ0n) is 11.9. The van der Waals surface area contributed by atoms with Gasteiger partial charge in [0.15, 0.2) is 6.10 Å². The molecule has 0 fully saturated rings. The fourth-order valence-electron chi connectivity index (χ4n) is 2.35. The first-order valence-electron chi connectivity index (χ1n) is 6.85. The van der Waals surface area contributed by atoms with Crippen LogP contribution in [0.25, 0.3) is 0 Å². The van der Waals surface area contributed by atoms with Gasteiger partial charge in [-0.2, -0.15) is 0 Å². The molecule has 0 unspecified atom stereocenters. The number of carboxylic acids is 1. The molecule has 2 atom stereocenters. The van der Waals surface area contributed by atoms with Crippen molar-refractivity contribution in [2.75, 3.05) is 20.3 Å². The molecule has 6 heteroatoms. The van der Waals surface area contributed by atoms with E-state index in [9.17, 15) is 9.59 Å². The molecule has 0 saturated heterocycles. The van der Waals surface area contributed by atoms with E-state index in [4.69, 9.17) is 14.6 Å². The fraction of sp³-hybridized carbons (Fsp3) is 0.467. The van der Waals surface area contributed by atoms with Crippen molar-refractivity contribution in [2.45, 2.75) is 25.0 Å². The minimum Gasteiger partial charge on any atom is -0.480 e. The number of nitrogens with one attached hydrogen (secondary N) is 1. The van der Waals surface area contributed by atoms with Crippen molar-refractivity contribution >= 4 is 11.9 Å². The monoisotopic (exact) mass is 293 g/mol. The number of carboxylic acid groups (broad SMARTS) is 1. The number of benzene rings is 1. The number of aliphatic carboxylic acids is 1. The topological polar surface area (TPSA) is 84.9 Å². The van der Waals surface area contributed by atoms with Crippen LogP contribution in [0.2, 0.25) is 0 Å². The highest BCUT2D eigenvalue weighted by atomic mass is 16.5. The number of ether oxygens (including phenoxy) is 2. The summed E-state index contributed by atoms with van der Waals surface area (Å²) in [6, 6.07) is 6.57. The van der Waals surface area contributed by atoms with Gasteiger partial charge >= 0.3 is 5.97 Å². The van der Waals surface area contributed by atoms with Crippen molar-refractivity contribution in [1.29, 1.82) is 0 Å². The lowest BCUT2D eigenvalue weighted by Gasteiger charge is -2.26. The molecule has 1 aliphatic heterocycles. The van der Waals surface area contributed by atoms with Gasteiger partial charge < -0.3 is 19.9 Å². The first-order valence-corrected chi connectivity index (χ1v) is 6.85. The third-order valence-corrected chi connectivity index (χ3v) is 3.46. The molecule has 1 aliphatic rings.